The van der Waals surface area contributed by atoms with Crippen LogP contribution in [0.4, 0.5) is 11.4 Å². The molecule has 0 saturated heterocycles. The smallest absolute Gasteiger partial charge is 0.264 e. The van der Waals surface area contributed by atoms with E-state index in [9.17, 15) is 16.8 Å². The standard InChI is InChI=1S/C23H24N2O6S2/c1-30-19-9-11-21(12-10-19)33(28,29)25-14-4-5-17-15-18(8-13-23(17)25)24-32(26,27)22-7-3-6-20(16-22)31-2/h3,6-13,15-16,24H,4-5,14H2,1-2H3. The number of nitrogens with one attached hydrogen (secondary N) is 1. The van der Waals surface area contributed by atoms with Gasteiger partial charge in [0.1, 0.15) is 11.5 Å². The van der Waals surface area contributed by atoms with E-state index in [1.165, 1.54) is 42.8 Å². The molecule has 1 heterocycles. The lowest BCUT2D eigenvalue weighted by Crippen LogP contribution is -2.35. The van der Waals surface area contributed by atoms with Gasteiger partial charge in [0.15, 0.2) is 0 Å². The van der Waals surface area contributed by atoms with Gasteiger partial charge in [0.05, 0.1) is 29.7 Å². The molecule has 33 heavy (non-hydrogen) atoms. The number of aryl methyl sites for hydroxylation is 1. The fourth-order valence-corrected chi connectivity index (χ4v) is 6.36. The van der Waals surface area contributed by atoms with Crippen molar-refractivity contribution in [1.82, 2.24) is 0 Å². The van der Waals surface area contributed by atoms with E-state index in [1.54, 1.807) is 42.5 Å². The molecular weight excluding hydrogens is 464 g/mol. The first kappa shape index (κ1) is 22.9. The summed E-state index contributed by atoms with van der Waals surface area (Å²) in [5.74, 6) is 1.00. The summed E-state index contributed by atoms with van der Waals surface area (Å²) in [7, 11) is -4.63. The number of methoxy groups -OCH3 is 2. The first-order valence-corrected chi connectivity index (χ1v) is 13.1. The summed E-state index contributed by atoms with van der Waals surface area (Å²) in [5, 5.41) is 0. The van der Waals surface area contributed by atoms with Crippen LogP contribution in [-0.4, -0.2) is 37.6 Å². The Morgan fingerprint density at radius 1 is 0.818 bits per heavy atom. The van der Waals surface area contributed by atoms with Gasteiger partial charge in [-0.1, -0.05) is 6.07 Å². The lowest BCUT2D eigenvalue weighted by atomic mass is 10.0. The Bertz CT molecular complexity index is 1370. The molecule has 10 heteroatoms. The Morgan fingerprint density at radius 3 is 2.24 bits per heavy atom. The zero-order valence-corrected chi connectivity index (χ0v) is 19.8. The predicted octanol–water partition coefficient (Wildman–Crippen LogP) is 3.65. The van der Waals surface area contributed by atoms with Crippen LogP contribution < -0.4 is 18.5 Å². The van der Waals surface area contributed by atoms with Crippen LogP contribution in [0.1, 0.15) is 12.0 Å². The van der Waals surface area contributed by atoms with Crippen molar-refractivity contribution in [2.45, 2.75) is 22.6 Å². The van der Waals surface area contributed by atoms with Crippen molar-refractivity contribution in [3.8, 4) is 11.5 Å². The van der Waals surface area contributed by atoms with Gasteiger partial charge in [0.25, 0.3) is 20.0 Å². The lowest BCUT2D eigenvalue weighted by molar-refractivity contribution is 0.413. The number of benzene rings is 3. The molecule has 174 valence electrons. The molecule has 0 spiro atoms. The third-order valence-electron chi connectivity index (χ3n) is 5.41. The zero-order chi connectivity index (χ0) is 23.6. The van der Waals surface area contributed by atoms with Crippen molar-refractivity contribution < 1.29 is 26.3 Å². The number of hydrogen-bond acceptors (Lipinski definition) is 6. The van der Waals surface area contributed by atoms with E-state index >= 15 is 0 Å². The highest BCUT2D eigenvalue weighted by Gasteiger charge is 2.29. The van der Waals surface area contributed by atoms with Crippen LogP contribution in [0.25, 0.3) is 0 Å². The molecule has 3 aromatic rings. The molecule has 1 aliphatic rings. The van der Waals surface area contributed by atoms with Crippen molar-refractivity contribution in [2.75, 3.05) is 29.8 Å². The number of hydrogen-bond donors (Lipinski definition) is 1. The van der Waals surface area contributed by atoms with Gasteiger partial charge in [-0.3, -0.25) is 9.03 Å². The quantitative estimate of drug-likeness (QED) is 0.545. The highest BCUT2D eigenvalue weighted by atomic mass is 32.2. The van der Waals surface area contributed by atoms with E-state index in [4.69, 9.17) is 9.47 Å². The SMILES string of the molecule is COc1ccc(S(=O)(=O)N2CCCc3cc(NS(=O)(=O)c4cccc(OC)c4)ccc32)cc1. The molecule has 0 amide bonds. The van der Waals surface area contributed by atoms with Gasteiger partial charge in [0.2, 0.25) is 0 Å². The second-order valence-electron chi connectivity index (χ2n) is 7.48. The van der Waals surface area contributed by atoms with Crippen LogP contribution in [0.3, 0.4) is 0 Å². The maximum atomic E-state index is 13.3. The fraction of sp³-hybridized carbons (Fsp3) is 0.217. The molecule has 8 nitrogen and oxygen atoms in total. The Labute approximate surface area is 193 Å². The monoisotopic (exact) mass is 488 g/mol. The number of nitrogens with zero attached hydrogens (tertiary/aromatic N) is 1. The summed E-state index contributed by atoms with van der Waals surface area (Å²) in [6.07, 6.45) is 1.26. The van der Waals surface area contributed by atoms with Gasteiger partial charge in [-0.05, 0) is 73.0 Å². The summed E-state index contributed by atoms with van der Waals surface area (Å²) in [6.45, 7) is 0.343. The van der Waals surface area contributed by atoms with Crippen LogP contribution in [0.15, 0.2) is 76.5 Å². The zero-order valence-electron chi connectivity index (χ0n) is 18.2. The Hall–Kier alpha value is -3.24. The Morgan fingerprint density at radius 2 is 1.55 bits per heavy atom. The molecular formula is C23H24N2O6S2. The van der Waals surface area contributed by atoms with Gasteiger partial charge in [-0.15, -0.1) is 0 Å². The molecule has 3 aromatic carbocycles. The maximum absolute atomic E-state index is 13.3. The van der Waals surface area contributed by atoms with E-state index in [0.717, 1.165) is 5.56 Å². The highest BCUT2D eigenvalue weighted by molar-refractivity contribution is 7.93. The summed E-state index contributed by atoms with van der Waals surface area (Å²) >= 11 is 0. The van der Waals surface area contributed by atoms with Gasteiger partial charge in [-0.2, -0.15) is 0 Å². The van der Waals surface area contributed by atoms with Gasteiger partial charge >= 0.3 is 0 Å². The summed E-state index contributed by atoms with van der Waals surface area (Å²) in [5.41, 5.74) is 1.66. The predicted molar refractivity (Wildman–Crippen MR) is 126 cm³/mol. The van der Waals surface area contributed by atoms with E-state index in [0.29, 0.717) is 42.3 Å². The maximum Gasteiger partial charge on any atom is 0.264 e. The number of sulfonamides is 2. The second kappa shape index (κ2) is 8.95. The van der Waals surface area contributed by atoms with Crippen molar-refractivity contribution >= 4 is 31.4 Å². The lowest BCUT2D eigenvalue weighted by Gasteiger charge is -2.31. The normalized spacial score (nSPS) is 13.8. The molecule has 0 bridgehead atoms. The third-order valence-corrected chi connectivity index (χ3v) is 8.61. The first-order valence-electron chi connectivity index (χ1n) is 10.2. The molecule has 0 saturated carbocycles. The number of ether oxygens (including phenoxy) is 2. The minimum Gasteiger partial charge on any atom is -0.497 e. The van der Waals surface area contributed by atoms with Crippen LogP contribution in [0, 0.1) is 0 Å². The number of fused-ring (bicyclic) bond motifs is 1. The summed E-state index contributed by atoms with van der Waals surface area (Å²) in [4.78, 5) is 0.238. The van der Waals surface area contributed by atoms with E-state index in [2.05, 4.69) is 4.72 Å². The van der Waals surface area contributed by atoms with Crippen LogP contribution in [-0.2, 0) is 26.5 Å². The molecule has 0 aliphatic carbocycles. The minimum absolute atomic E-state index is 0.0725. The van der Waals surface area contributed by atoms with Crippen molar-refractivity contribution in [3.05, 3.63) is 72.3 Å². The molecule has 0 atom stereocenters. The molecule has 4 rings (SSSR count). The topological polar surface area (TPSA) is 102 Å². The van der Waals surface area contributed by atoms with Gasteiger partial charge in [-0.25, -0.2) is 16.8 Å². The van der Waals surface area contributed by atoms with Crippen molar-refractivity contribution in [3.63, 3.8) is 0 Å². The van der Waals surface area contributed by atoms with E-state index < -0.39 is 20.0 Å². The second-order valence-corrected chi connectivity index (χ2v) is 11.0. The van der Waals surface area contributed by atoms with Crippen LogP contribution in [0.5, 0.6) is 11.5 Å². The summed E-state index contributed by atoms with van der Waals surface area (Å²) in [6, 6.07) is 17.3. The van der Waals surface area contributed by atoms with Crippen molar-refractivity contribution in [2.24, 2.45) is 0 Å². The minimum atomic E-state index is -3.84. The Balaban J connectivity index is 1.63. The number of anilines is 2. The number of rotatable bonds is 7. The molecule has 1 aliphatic heterocycles. The third kappa shape index (κ3) is 4.62. The largest absolute Gasteiger partial charge is 0.497 e. The molecule has 0 fully saturated rings. The molecule has 0 radical (unpaired) electrons. The molecule has 0 unspecified atom stereocenters. The van der Waals surface area contributed by atoms with E-state index in [-0.39, 0.29) is 9.79 Å². The molecule has 0 aromatic heterocycles. The van der Waals surface area contributed by atoms with Gasteiger partial charge in [0, 0.05) is 18.3 Å². The van der Waals surface area contributed by atoms with Crippen LogP contribution in [0.2, 0.25) is 0 Å². The summed E-state index contributed by atoms with van der Waals surface area (Å²) < 4.78 is 66.3. The van der Waals surface area contributed by atoms with Crippen molar-refractivity contribution in [1.29, 1.82) is 0 Å². The average Bonchev–Trinajstić information content (AvgIpc) is 2.83. The van der Waals surface area contributed by atoms with Crippen LogP contribution >= 0.6 is 0 Å². The Kier molecular flexibility index (Phi) is 6.22. The van der Waals surface area contributed by atoms with Gasteiger partial charge < -0.3 is 9.47 Å². The molecule has 1 N–H and O–H groups in total. The first-order chi connectivity index (χ1) is 15.7. The average molecular weight is 489 g/mol. The fourth-order valence-electron chi connectivity index (χ4n) is 3.73. The van der Waals surface area contributed by atoms with E-state index in [1.807, 2.05) is 0 Å². The highest BCUT2D eigenvalue weighted by Crippen LogP contribution is 2.34.